The van der Waals surface area contributed by atoms with Crippen molar-refractivity contribution in [3.63, 3.8) is 0 Å². The maximum Gasteiger partial charge on any atom is 0.263 e. The predicted molar refractivity (Wildman–Crippen MR) is 127 cm³/mol. The third-order valence-corrected chi connectivity index (χ3v) is 7.72. The van der Waals surface area contributed by atoms with Gasteiger partial charge in [-0.3, -0.25) is 14.5 Å². The molecule has 4 rings (SSSR count). The summed E-state index contributed by atoms with van der Waals surface area (Å²) in [5.74, 6) is 0.207. The first-order valence-electron chi connectivity index (χ1n) is 11.1. The summed E-state index contributed by atoms with van der Waals surface area (Å²) in [7, 11) is -3.64. The zero-order chi connectivity index (χ0) is 22.9. The summed E-state index contributed by atoms with van der Waals surface area (Å²) in [6.07, 6.45) is 0.769. The highest BCUT2D eigenvalue weighted by molar-refractivity contribution is 7.90. The zero-order valence-electron chi connectivity index (χ0n) is 18.8. The fourth-order valence-corrected chi connectivity index (χ4v) is 5.45. The van der Waals surface area contributed by atoms with Crippen molar-refractivity contribution in [3.05, 3.63) is 59.7 Å². The summed E-state index contributed by atoms with van der Waals surface area (Å²) in [4.78, 5) is 22.5. The lowest BCUT2D eigenvalue weighted by atomic mass is 9.97. The second kappa shape index (κ2) is 8.94. The van der Waals surface area contributed by atoms with Gasteiger partial charge in [-0.1, -0.05) is 44.5 Å². The summed E-state index contributed by atoms with van der Waals surface area (Å²) < 4.78 is 27.5. The van der Waals surface area contributed by atoms with Crippen molar-refractivity contribution in [2.24, 2.45) is 10.9 Å². The summed E-state index contributed by atoms with van der Waals surface area (Å²) in [6.45, 7) is 8.84. The van der Waals surface area contributed by atoms with Gasteiger partial charge < -0.3 is 9.80 Å². The van der Waals surface area contributed by atoms with Crippen LogP contribution in [0.5, 0.6) is 0 Å². The Morgan fingerprint density at radius 3 is 2.50 bits per heavy atom. The fraction of sp³-hybridized carbons (Fsp3) is 0.417. The minimum atomic E-state index is -3.64. The molecular formula is C24H30N4O3S. The summed E-state index contributed by atoms with van der Waals surface area (Å²) in [6, 6.07) is 14.5. The molecule has 1 fully saturated rings. The Kier molecular flexibility index (Phi) is 6.24. The fourth-order valence-electron chi connectivity index (χ4n) is 4.21. The van der Waals surface area contributed by atoms with Gasteiger partial charge in [-0.2, -0.15) is 0 Å². The van der Waals surface area contributed by atoms with Crippen molar-refractivity contribution >= 4 is 27.5 Å². The summed E-state index contributed by atoms with van der Waals surface area (Å²) in [5.41, 5.74) is 2.92. The number of carbonyl (C=O) groups is 1. The molecule has 2 unspecified atom stereocenters. The molecule has 0 radical (unpaired) electrons. The predicted octanol–water partition coefficient (Wildman–Crippen LogP) is 2.80. The second-order valence-corrected chi connectivity index (χ2v) is 10.2. The minimum Gasteiger partial charge on any atom is -0.368 e. The van der Waals surface area contributed by atoms with Crippen molar-refractivity contribution in [3.8, 4) is 0 Å². The summed E-state index contributed by atoms with van der Waals surface area (Å²) in [5, 5.41) is 0. The molecule has 0 aliphatic carbocycles. The second-order valence-electron chi connectivity index (χ2n) is 8.56. The van der Waals surface area contributed by atoms with Crippen LogP contribution in [0.15, 0.2) is 58.4 Å². The van der Waals surface area contributed by atoms with Crippen LogP contribution in [0.4, 0.5) is 5.69 Å². The number of carbonyl (C=O) groups excluding carboxylic acids is 1. The standard InChI is InChI=1S/C24H30N4O3S/c1-4-18(3)22(25-23-20-10-5-6-11-21(20)32(30,31)26-23)24(29)28-14-12-27(13-15-28)19-9-7-8-17(2)16-19/h5-11,16,18,22H,4,12-15H2,1-3H3,(H,25,26). The van der Waals surface area contributed by atoms with E-state index in [1.807, 2.05) is 18.7 Å². The van der Waals surface area contributed by atoms with Gasteiger partial charge >= 0.3 is 0 Å². The quantitative estimate of drug-likeness (QED) is 0.753. The number of aryl methyl sites for hydroxylation is 1. The third kappa shape index (κ3) is 4.37. The average Bonchev–Trinajstić information content (AvgIpc) is 3.06. The number of sulfonamides is 1. The first-order chi connectivity index (χ1) is 15.3. The number of hydrogen-bond donors (Lipinski definition) is 1. The number of piperazine rings is 1. The van der Waals surface area contributed by atoms with Crippen molar-refractivity contribution < 1.29 is 13.2 Å². The van der Waals surface area contributed by atoms with E-state index in [1.165, 1.54) is 11.3 Å². The van der Waals surface area contributed by atoms with Crippen LogP contribution in [0.3, 0.4) is 0 Å². The Morgan fingerprint density at radius 2 is 1.81 bits per heavy atom. The van der Waals surface area contributed by atoms with E-state index < -0.39 is 16.1 Å². The molecule has 1 saturated heterocycles. The van der Waals surface area contributed by atoms with Crippen LogP contribution < -0.4 is 9.62 Å². The van der Waals surface area contributed by atoms with Gasteiger partial charge in [0.05, 0.1) is 4.90 Å². The molecule has 170 valence electrons. The van der Waals surface area contributed by atoms with Gasteiger partial charge in [0.15, 0.2) is 0 Å². The number of anilines is 1. The van der Waals surface area contributed by atoms with E-state index in [1.54, 1.807) is 24.3 Å². The van der Waals surface area contributed by atoms with Gasteiger partial charge in [-0.05, 0) is 42.7 Å². The molecule has 1 N–H and O–H groups in total. The van der Waals surface area contributed by atoms with Gasteiger partial charge in [-0.25, -0.2) is 8.42 Å². The minimum absolute atomic E-state index is 0.0120. The lowest BCUT2D eigenvalue weighted by Gasteiger charge is -2.38. The molecule has 1 amide bonds. The van der Waals surface area contributed by atoms with E-state index in [4.69, 9.17) is 0 Å². The van der Waals surface area contributed by atoms with Gasteiger partial charge in [0, 0.05) is 37.4 Å². The van der Waals surface area contributed by atoms with Crippen molar-refractivity contribution in [1.82, 2.24) is 9.62 Å². The molecule has 0 saturated carbocycles. The van der Waals surface area contributed by atoms with Gasteiger partial charge in [0.25, 0.3) is 10.0 Å². The van der Waals surface area contributed by atoms with Crippen LogP contribution in [0, 0.1) is 12.8 Å². The normalized spacial score (nSPS) is 20.5. The topological polar surface area (TPSA) is 82.1 Å². The van der Waals surface area contributed by atoms with Crippen LogP contribution in [0.1, 0.15) is 31.4 Å². The number of hydrogen-bond acceptors (Lipinski definition) is 5. The molecule has 2 atom stereocenters. The van der Waals surface area contributed by atoms with Crippen molar-refractivity contribution in [1.29, 1.82) is 0 Å². The number of nitrogens with one attached hydrogen (secondary N) is 1. The highest BCUT2D eigenvalue weighted by atomic mass is 32.2. The molecule has 32 heavy (non-hydrogen) atoms. The number of rotatable bonds is 5. The molecule has 2 aromatic carbocycles. The monoisotopic (exact) mass is 454 g/mol. The Hall–Kier alpha value is -2.87. The largest absolute Gasteiger partial charge is 0.368 e. The lowest BCUT2D eigenvalue weighted by Crippen LogP contribution is -2.52. The van der Waals surface area contributed by atoms with E-state index >= 15 is 0 Å². The molecule has 2 heterocycles. The van der Waals surface area contributed by atoms with Crippen LogP contribution >= 0.6 is 0 Å². The summed E-state index contributed by atoms with van der Waals surface area (Å²) >= 11 is 0. The van der Waals surface area contributed by atoms with Crippen LogP contribution in [0.25, 0.3) is 0 Å². The number of nitrogens with zero attached hydrogens (tertiary/aromatic N) is 3. The van der Waals surface area contributed by atoms with E-state index in [9.17, 15) is 13.2 Å². The van der Waals surface area contributed by atoms with Crippen molar-refractivity contribution in [2.75, 3.05) is 31.1 Å². The number of benzene rings is 2. The van der Waals surface area contributed by atoms with E-state index in [2.05, 4.69) is 45.8 Å². The van der Waals surface area contributed by atoms with E-state index in [0.717, 1.165) is 19.5 Å². The molecular weight excluding hydrogens is 424 g/mol. The van der Waals surface area contributed by atoms with Crippen LogP contribution in [-0.2, 0) is 14.8 Å². The number of amides is 1. The maximum atomic E-state index is 13.5. The molecule has 2 aliphatic rings. The SMILES string of the molecule is CCC(C)C(N=C1NS(=O)(=O)c2ccccc21)C(=O)N1CCN(c2cccc(C)c2)CC1. The highest BCUT2D eigenvalue weighted by Gasteiger charge is 2.35. The lowest BCUT2D eigenvalue weighted by molar-refractivity contribution is -0.133. The number of amidine groups is 1. The first kappa shape index (κ1) is 22.3. The molecule has 2 aliphatic heterocycles. The smallest absolute Gasteiger partial charge is 0.263 e. The Morgan fingerprint density at radius 1 is 1.09 bits per heavy atom. The Labute approximate surface area is 190 Å². The van der Waals surface area contributed by atoms with Crippen molar-refractivity contribution in [2.45, 2.75) is 38.1 Å². The first-order valence-corrected chi connectivity index (χ1v) is 12.6. The van der Waals surface area contributed by atoms with Gasteiger partial charge in [0.1, 0.15) is 11.9 Å². The maximum absolute atomic E-state index is 13.5. The Balaban J connectivity index is 1.54. The number of aliphatic imine (C=N–C) groups is 1. The molecule has 2 aromatic rings. The zero-order valence-corrected chi connectivity index (χ0v) is 19.6. The molecule has 0 spiro atoms. The molecule has 7 nitrogen and oxygen atoms in total. The van der Waals surface area contributed by atoms with Crippen LogP contribution in [0.2, 0.25) is 0 Å². The van der Waals surface area contributed by atoms with Crippen LogP contribution in [-0.4, -0.2) is 57.3 Å². The van der Waals surface area contributed by atoms with E-state index in [-0.39, 0.29) is 22.6 Å². The molecule has 0 aromatic heterocycles. The Bertz CT molecular complexity index is 1140. The highest BCUT2D eigenvalue weighted by Crippen LogP contribution is 2.25. The number of fused-ring (bicyclic) bond motifs is 1. The van der Waals surface area contributed by atoms with E-state index in [0.29, 0.717) is 18.7 Å². The third-order valence-electron chi connectivity index (χ3n) is 6.33. The van der Waals surface area contributed by atoms with Gasteiger partial charge in [0.2, 0.25) is 5.91 Å². The van der Waals surface area contributed by atoms with Gasteiger partial charge in [-0.15, -0.1) is 0 Å². The molecule has 0 bridgehead atoms. The molecule has 8 heteroatoms. The average molecular weight is 455 g/mol.